The van der Waals surface area contributed by atoms with Crippen LogP contribution in [0.2, 0.25) is 0 Å². The van der Waals surface area contributed by atoms with Crippen LogP contribution in [0.1, 0.15) is 36.1 Å². The lowest BCUT2D eigenvalue weighted by molar-refractivity contribution is -0.142. The van der Waals surface area contributed by atoms with Crippen LogP contribution in [-0.2, 0) is 16.8 Å². The van der Waals surface area contributed by atoms with Crippen LogP contribution in [0.15, 0.2) is 41.0 Å². The minimum atomic E-state index is -1.22. The number of carboxylic acid groups (broad SMARTS) is 1. The van der Waals surface area contributed by atoms with E-state index in [4.69, 9.17) is 0 Å². The number of aryl methyl sites for hydroxylation is 3. The topological polar surface area (TPSA) is 59.3 Å². The van der Waals surface area contributed by atoms with Gasteiger partial charge in [-0.2, -0.15) is 0 Å². The summed E-state index contributed by atoms with van der Waals surface area (Å²) in [5.74, 6) is -0.954. The molecule has 2 aromatic heterocycles. The first-order chi connectivity index (χ1) is 13.1. The number of allylic oxidation sites excluding steroid dienone is 1. The fourth-order valence-corrected chi connectivity index (χ4v) is 4.94. The maximum Gasteiger partial charge on any atom is 0.313 e. The number of aromatic nitrogens is 1. The number of thiophene rings is 1. The normalized spacial score (nSPS) is 11.8. The van der Waals surface area contributed by atoms with Crippen molar-refractivity contribution in [1.29, 1.82) is 0 Å². The number of pyridine rings is 1. The maximum absolute atomic E-state index is 13.7. The Hall–Kier alpha value is -2.66. The molecule has 0 unspecified atom stereocenters. The first kappa shape index (κ1) is 20.1. The fourth-order valence-electron chi connectivity index (χ4n) is 4.03. The Morgan fingerprint density at radius 1 is 1.21 bits per heavy atom. The van der Waals surface area contributed by atoms with Crippen molar-refractivity contribution in [3.63, 3.8) is 0 Å². The SMILES string of the molecule is C=CCn1c(=O)c(-c2c(C)cc(C)cc2C)c(C(C)(C)C(=O)O)c2ccsc21. The smallest absolute Gasteiger partial charge is 0.313 e. The van der Waals surface area contributed by atoms with Gasteiger partial charge in [0, 0.05) is 11.9 Å². The summed E-state index contributed by atoms with van der Waals surface area (Å²) in [6.45, 7) is 13.5. The Morgan fingerprint density at radius 2 is 1.82 bits per heavy atom. The second kappa shape index (κ2) is 7.06. The van der Waals surface area contributed by atoms with Gasteiger partial charge in [-0.15, -0.1) is 17.9 Å². The van der Waals surface area contributed by atoms with E-state index in [-0.39, 0.29) is 5.56 Å². The molecule has 0 saturated carbocycles. The van der Waals surface area contributed by atoms with E-state index in [1.54, 1.807) is 24.5 Å². The number of fused-ring (bicyclic) bond motifs is 1. The number of hydrogen-bond acceptors (Lipinski definition) is 3. The van der Waals surface area contributed by atoms with Crippen LogP contribution in [0.25, 0.3) is 21.3 Å². The molecule has 0 aliphatic carbocycles. The molecule has 0 spiro atoms. The summed E-state index contributed by atoms with van der Waals surface area (Å²) >= 11 is 1.45. The first-order valence-corrected chi connectivity index (χ1v) is 10.1. The van der Waals surface area contributed by atoms with Crippen LogP contribution in [0.5, 0.6) is 0 Å². The van der Waals surface area contributed by atoms with Crippen LogP contribution >= 0.6 is 11.3 Å². The lowest BCUT2D eigenvalue weighted by Gasteiger charge is -2.26. The third-order valence-corrected chi connectivity index (χ3v) is 6.20. The number of aliphatic carboxylic acids is 1. The van der Waals surface area contributed by atoms with Gasteiger partial charge in [0.1, 0.15) is 4.83 Å². The molecule has 0 bridgehead atoms. The molecular formula is C23H25NO3S. The minimum Gasteiger partial charge on any atom is -0.481 e. The van der Waals surface area contributed by atoms with E-state index in [1.807, 2.05) is 44.4 Å². The van der Waals surface area contributed by atoms with Crippen LogP contribution < -0.4 is 5.56 Å². The standard InChI is InChI=1S/C23H25NO3S/c1-7-9-24-20(25)18(17-14(3)11-13(2)12-15(17)4)19(23(5,6)22(26)27)16-8-10-28-21(16)24/h7-8,10-12H,1,9H2,2-6H3,(H,26,27). The van der Waals surface area contributed by atoms with E-state index in [0.29, 0.717) is 17.7 Å². The molecule has 4 nitrogen and oxygen atoms in total. The molecule has 1 aromatic carbocycles. The van der Waals surface area contributed by atoms with Gasteiger partial charge < -0.3 is 5.11 Å². The van der Waals surface area contributed by atoms with E-state index in [2.05, 4.69) is 6.58 Å². The summed E-state index contributed by atoms with van der Waals surface area (Å²) in [6, 6.07) is 5.99. The highest BCUT2D eigenvalue weighted by molar-refractivity contribution is 7.16. The molecule has 28 heavy (non-hydrogen) atoms. The van der Waals surface area contributed by atoms with E-state index >= 15 is 0 Å². The van der Waals surface area contributed by atoms with Crippen LogP contribution in [-0.4, -0.2) is 15.6 Å². The first-order valence-electron chi connectivity index (χ1n) is 9.18. The highest BCUT2D eigenvalue weighted by Gasteiger charge is 2.37. The van der Waals surface area contributed by atoms with Gasteiger partial charge in [0.05, 0.1) is 11.0 Å². The molecule has 1 N–H and O–H groups in total. The summed E-state index contributed by atoms with van der Waals surface area (Å²) < 4.78 is 1.70. The molecule has 0 radical (unpaired) electrons. The Balaban J connectivity index is 2.62. The Bertz CT molecular complexity index is 1140. The highest BCUT2D eigenvalue weighted by Crippen LogP contribution is 2.40. The number of benzene rings is 1. The van der Waals surface area contributed by atoms with Crippen molar-refractivity contribution in [3.8, 4) is 11.1 Å². The number of rotatable bonds is 5. The molecule has 3 rings (SSSR count). The van der Waals surface area contributed by atoms with Gasteiger partial charge in [-0.05, 0) is 68.3 Å². The van der Waals surface area contributed by atoms with Crippen molar-refractivity contribution < 1.29 is 9.90 Å². The summed E-state index contributed by atoms with van der Waals surface area (Å²) in [5, 5.41) is 12.7. The third kappa shape index (κ3) is 3.00. The molecular weight excluding hydrogens is 370 g/mol. The molecule has 2 heterocycles. The lowest BCUT2D eigenvalue weighted by atomic mass is 9.77. The van der Waals surface area contributed by atoms with Crippen LogP contribution in [0, 0.1) is 20.8 Å². The molecule has 0 fully saturated rings. The van der Waals surface area contributed by atoms with Gasteiger partial charge >= 0.3 is 5.97 Å². The van der Waals surface area contributed by atoms with Crippen molar-refractivity contribution in [2.75, 3.05) is 0 Å². The van der Waals surface area contributed by atoms with Crippen LogP contribution in [0.3, 0.4) is 0 Å². The number of hydrogen-bond donors (Lipinski definition) is 1. The number of carbonyl (C=O) groups is 1. The van der Waals surface area contributed by atoms with Gasteiger partial charge in [0.25, 0.3) is 5.56 Å². The largest absolute Gasteiger partial charge is 0.481 e. The molecule has 0 saturated heterocycles. The Labute approximate surface area is 168 Å². The monoisotopic (exact) mass is 395 g/mol. The van der Waals surface area contributed by atoms with Crippen molar-refractivity contribution in [3.05, 3.63) is 68.8 Å². The summed E-state index contributed by atoms with van der Waals surface area (Å²) in [4.78, 5) is 26.7. The van der Waals surface area contributed by atoms with Gasteiger partial charge in [0.2, 0.25) is 0 Å². The molecule has 146 valence electrons. The molecule has 0 aliphatic rings. The quantitative estimate of drug-likeness (QED) is 0.604. The molecule has 5 heteroatoms. The van der Waals surface area contributed by atoms with Crippen molar-refractivity contribution in [2.45, 2.75) is 46.6 Å². The zero-order chi connectivity index (χ0) is 20.8. The molecule has 0 amide bonds. The molecule has 0 atom stereocenters. The highest BCUT2D eigenvalue weighted by atomic mass is 32.1. The van der Waals surface area contributed by atoms with E-state index in [1.165, 1.54) is 11.3 Å². The second-order valence-corrected chi connectivity index (χ2v) is 8.69. The van der Waals surface area contributed by atoms with Gasteiger partial charge in [-0.25, -0.2) is 0 Å². The zero-order valence-electron chi connectivity index (χ0n) is 16.9. The average Bonchev–Trinajstić information content (AvgIpc) is 3.05. The summed E-state index contributed by atoms with van der Waals surface area (Å²) in [5.41, 5.74) is 3.55. The fraction of sp³-hybridized carbons (Fsp3) is 0.304. The van der Waals surface area contributed by atoms with E-state index in [0.717, 1.165) is 32.5 Å². The van der Waals surface area contributed by atoms with Crippen molar-refractivity contribution in [2.24, 2.45) is 0 Å². The third-order valence-electron chi connectivity index (χ3n) is 5.27. The minimum absolute atomic E-state index is 0.172. The number of carboxylic acids is 1. The Kier molecular flexibility index (Phi) is 5.06. The van der Waals surface area contributed by atoms with Gasteiger partial charge in [-0.3, -0.25) is 14.2 Å². The lowest BCUT2D eigenvalue weighted by Crippen LogP contribution is -2.34. The zero-order valence-corrected chi connectivity index (χ0v) is 17.7. The van der Waals surface area contributed by atoms with Crippen LogP contribution in [0.4, 0.5) is 0 Å². The maximum atomic E-state index is 13.7. The van der Waals surface area contributed by atoms with Crippen molar-refractivity contribution in [1.82, 2.24) is 4.57 Å². The number of nitrogens with zero attached hydrogens (tertiary/aromatic N) is 1. The summed E-state index contributed by atoms with van der Waals surface area (Å²) in [7, 11) is 0. The predicted molar refractivity (Wildman–Crippen MR) is 117 cm³/mol. The second-order valence-electron chi connectivity index (χ2n) is 7.80. The van der Waals surface area contributed by atoms with Crippen molar-refractivity contribution >= 4 is 27.5 Å². The molecule has 3 aromatic rings. The summed E-state index contributed by atoms with van der Waals surface area (Å²) in [6.07, 6.45) is 1.70. The molecule has 0 aliphatic heterocycles. The van der Waals surface area contributed by atoms with Gasteiger partial charge in [0.15, 0.2) is 0 Å². The predicted octanol–water partition coefficient (Wildman–Crippen LogP) is 5.20. The van der Waals surface area contributed by atoms with Gasteiger partial charge in [-0.1, -0.05) is 23.8 Å². The average molecular weight is 396 g/mol. The Morgan fingerprint density at radius 3 is 2.36 bits per heavy atom. The van der Waals surface area contributed by atoms with E-state index in [9.17, 15) is 14.7 Å². The van der Waals surface area contributed by atoms with E-state index < -0.39 is 11.4 Å².